The number of hydrogen-bond acceptors (Lipinski definition) is 15. The Morgan fingerprint density at radius 3 is 2.10 bits per heavy atom. The minimum Gasteiger partial charge on any atom is -0.446 e. The molecular weight excluding hydrogens is 876 g/mol. The fourth-order valence-electron chi connectivity index (χ4n) is 5.85. The summed E-state index contributed by atoms with van der Waals surface area (Å²) in [7, 11) is 2.89. The molecule has 328 valence electrons. The van der Waals surface area contributed by atoms with Crippen molar-refractivity contribution in [3.63, 3.8) is 0 Å². The number of alkyl halides is 1. The van der Waals surface area contributed by atoms with Gasteiger partial charge in [-0.05, 0) is 32.6 Å². The van der Waals surface area contributed by atoms with Gasteiger partial charge in [-0.3, -0.25) is 14.4 Å². The van der Waals surface area contributed by atoms with Gasteiger partial charge < -0.3 is 53.6 Å². The number of benzene rings is 1. The molecule has 18 nitrogen and oxygen atoms in total. The number of rotatable bonds is 20. The number of nitrogens with one attached hydrogen (secondary N) is 3. The van der Waals surface area contributed by atoms with E-state index in [0.717, 1.165) is 0 Å². The van der Waals surface area contributed by atoms with Gasteiger partial charge in [-0.1, -0.05) is 92.6 Å². The highest BCUT2D eigenvalue weighted by Crippen LogP contribution is 2.33. The summed E-state index contributed by atoms with van der Waals surface area (Å²) in [4.78, 5) is 60.4. The first-order chi connectivity index (χ1) is 28.9. The SMILES string of the molecule is CC[C@H](C)[C@@H](NC(=O)c1nc(-c2coc(C(CBr)(OC)OC)n2)oc1-c1ccccc1)C(=O)N[C@H](C(=O)N[C@@H](COC(C)(C)C)c1nc(-c2nc(C(N)=S)co2)co1)C(C)C. The summed E-state index contributed by atoms with van der Waals surface area (Å²) in [6, 6.07) is 5.84. The van der Waals surface area contributed by atoms with Crippen LogP contribution in [0.4, 0.5) is 0 Å². The van der Waals surface area contributed by atoms with E-state index < -0.39 is 53.2 Å². The Bertz CT molecular complexity index is 2270. The molecule has 5 N–H and O–H groups in total. The fourth-order valence-corrected chi connectivity index (χ4v) is 6.64. The van der Waals surface area contributed by atoms with Gasteiger partial charge in [0.05, 0.1) is 17.5 Å². The van der Waals surface area contributed by atoms with E-state index in [1.54, 1.807) is 38.1 Å². The van der Waals surface area contributed by atoms with Crippen LogP contribution in [0.1, 0.15) is 88.9 Å². The molecule has 0 saturated heterocycles. The summed E-state index contributed by atoms with van der Waals surface area (Å²) < 4.78 is 40.2. The summed E-state index contributed by atoms with van der Waals surface area (Å²) in [5.41, 5.74) is 6.22. The highest BCUT2D eigenvalue weighted by molar-refractivity contribution is 9.09. The Kier molecular flexibility index (Phi) is 15.4. The number of aromatic nitrogens is 4. The van der Waals surface area contributed by atoms with Crippen LogP contribution in [0.15, 0.2) is 66.8 Å². The van der Waals surface area contributed by atoms with Gasteiger partial charge in [0.25, 0.3) is 17.6 Å². The summed E-state index contributed by atoms with van der Waals surface area (Å²) in [5.74, 6) is -3.54. The third-order valence-corrected chi connectivity index (χ3v) is 10.5. The molecule has 0 aliphatic rings. The molecule has 20 heteroatoms. The average molecular weight is 928 g/mol. The van der Waals surface area contributed by atoms with Crippen LogP contribution in [-0.4, -0.2) is 86.5 Å². The number of thiocarbonyl (C=S) groups is 1. The predicted octanol–water partition coefficient (Wildman–Crippen LogP) is 6.07. The molecule has 1 aromatic carbocycles. The normalized spacial score (nSPS) is 14.0. The highest BCUT2D eigenvalue weighted by Gasteiger charge is 2.39. The zero-order valence-corrected chi connectivity index (χ0v) is 37.8. The topological polar surface area (TPSA) is 245 Å². The molecule has 0 fully saturated rings. The number of hydrogen-bond donors (Lipinski definition) is 4. The molecule has 5 aromatic rings. The number of carbonyl (C=O) groups excluding carboxylic acids is 3. The van der Waals surface area contributed by atoms with Crippen molar-refractivity contribution in [3.05, 3.63) is 72.3 Å². The minimum absolute atomic E-state index is 0.0243. The molecule has 0 spiro atoms. The molecule has 61 heavy (non-hydrogen) atoms. The van der Waals surface area contributed by atoms with E-state index in [-0.39, 0.29) is 74.9 Å². The molecule has 3 amide bonds. The zero-order valence-electron chi connectivity index (χ0n) is 35.4. The van der Waals surface area contributed by atoms with Crippen LogP contribution in [0.3, 0.4) is 0 Å². The average Bonchev–Trinajstić information content (AvgIpc) is 4.08. The lowest BCUT2D eigenvalue weighted by atomic mass is 9.96. The first-order valence-corrected chi connectivity index (χ1v) is 20.9. The molecule has 5 rings (SSSR count). The van der Waals surface area contributed by atoms with Crippen molar-refractivity contribution >= 4 is 50.9 Å². The minimum atomic E-state index is -1.34. The van der Waals surface area contributed by atoms with Crippen LogP contribution in [0.2, 0.25) is 0 Å². The van der Waals surface area contributed by atoms with Crippen molar-refractivity contribution in [2.45, 2.75) is 84.4 Å². The van der Waals surface area contributed by atoms with Crippen molar-refractivity contribution < 1.29 is 46.3 Å². The first-order valence-electron chi connectivity index (χ1n) is 19.4. The van der Waals surface area contributed by atoms with E-state index >= 15 is 0 Å². The lowest BCUT2D eigenvalue weighted by Crippen LogP contribution is -2.57. The standard InChI is InChI=1S/C41H51BrN8O10S/c1-10-22(4)29(49-35(53)30-31(23-14-12-11-13-15-23)60-38(50-30)26-18-58-39(47-26)41(20-42,54-8)55-9)34(52)48-28(21(2)3)33(51)44-27(19-59-40(5,6)7)37-46-25(17-57-37)36-45-24(16-56-36)32(43)61/h11-18,21-22,27-29H,10,19-20H2,1-9H3,(H2,43,61)(H,44,51)(H,48,52)(H,49,53)/t22-,27-,28-,29+/m0/s1. The summed E-state index contributed by atoms with van der Waals surface area (Å²) in [6.45, 7) is 12.8. The van der Waals surface area contributed by atoms with E-state index in [2.05, 4.69) is 51.8 Å². The van der Waals surface area contributed by atoms with Crippen molar-refractivity contribution in [3.8, 4) is 34.5 Å². The maximum absolute atomic E-state index is 14.2. The molecule has 0 radical (unpaired) electrons. The van der Waals surface area contributed by atoms with Gasteiger partial charge in [-0.2, -0.15) is 0 Å². The van der Waals surface area contributed by atoms with E-state index in [1.165, 1.54) is 33.0 Å². The maximum Gasteiger partial charge on any atom is 0.274 e. The quantitative estimate of drug-likeness (QED) is 0.0393. The zero-order chi connectivity index (χ0) is 44.6. The van der Waals surface area contributed by atoms with Crippen LogP contribution in [0.5, 0.6) is 0 Å². The smallest absolute Gasteiger partial charge is 0.274 e. The van der Waals surface area contributed by atoms with Crippen LogP contribution >= 0.6 is 28.1 Å². The van der Waals surface area contributed by atoms with E-state index in [4.69, 9.17) is 49.8 Å². The van der Waals surface area contributed by atoms with Gasteiger partial charge >= 0.3 is 0 Å². The second-order valence-corrected chi connectivity index (χ2v) is 16.4. The summed E-state index contributed by atoms with van der Waals surface area (Å²) in [6.07, 6.45) is 4.44. The van der Waals surface area contributed by atoms with E-state index in [0.29, 0.717) is 12.0 Å². The fraction of sp³-hybridized carbons (Fsp3) is 0.463. The predicted molar refractivity (Wildman–Crippen MR) is 229 cm³/mol. The number of carbonyl (C=O) groups is 3. The molecule has 4 atom stereocenters. The number of nitrogens with two attached hydrogens (primary N) is 1. The van der Waals surface area contributed by atoms with Crippen LogP contribution < -0.4 is 21.7 Å². The number of oxazole rings is 4. The van der Waals surface area contributed by atoms with Gasteiger partial charge in [0.15, 0.2) is 22.8 Å². The van der Waals surface area contributed by atoms with Crippen LogP contribution in [0, 0.1) is 11.8 Å². The van der Waals surface area contributed by atoms with Crippen LogP contribution in [0.25, 0.3) is 34.5 Å². The van der Waals surface area contributed by atoms with Gasteiger partial charge in [-0.15, -0.1) is 0 Å². The van der Waals surface area contributed by atoms with E-state index in [1.807, 2.05) is 40.7 Å². The molecular formula is C41H51BrN8O10S. The number of halogens is 1. The van der Waals surface area contributed by atoms with Crippen molar-refractivity contribution in [2.24, 2.45) is 17.6 Å². The summed E-state index contributed by atoms with van der Waals surface area (Å²) >= 11 is 8.35. The maximum atomic E-state index is 14.2. The number of ether oxygens (including phenoxy) is 3. The monoisotopic (exact) mass is 926 g/mol. The molecule has 0 unspecified atom stereocenters. The molecule has 0 aliphatic heterocycles. The van der Waals surface area contributed by atoms with Gasteiger partial charge in [-0.25, -0.2) is 19.9 Å². The second-order valence-electron chi connectivity index (χ2n) is 15.4. The van der Waals surface area contributed by atoms with Gasteiger partial charge in [0.2, 0.25) is 29.5 Å². The number of methoxy groups -OCH3 is 2. The molecule has 4 heterocycles. The van der Waals surface area contributed by atoms with Crippen molar-refractivity contribution in [1.29, 1.82) is 0 Å². The Morgan fingerprint density at radius 2 is 1.51 bits per heavy atom. The molecule has 0 bridgehead atoms. The van der Waals surface area contributed by atoms with Crippen molar-refractivity contribution in [1.82, 2.24) is 35.9 Å². The van der Waals surface area contributed by atoms with Crippen LogP contribution in [-0.2, 0) is 29.6 Å². The summed E-state index contributed by atoms with van der Waals surface area (Å²) in [5, 5.41) is 8.86. The largest absolute Gasteiger partial charge is 0.446 e. The molecule has 4 aromatic heterocycles. The molecule has 0 aliphatic carbocycles. The molecule has 0 saturated carbocycles. The first kappa shape index (κ1) is 46.8. The third-order valence-electron chi connectivity index (χ3n) is 9.59. The van der Waals surface area contributed by atoms with E-state index in [9.17, 15) is 14.4 Å². The Morgan fingerprint density at radius 1 is 0.852 bits per heavy atom. The second kappa shape index (κ2) is 20.1. The Labute approximate surface area is 366 Å². The third kappa shape index (κ3) is 11.2. The Balaban J connectivity index is 1.39. The van der Waals surface area contributed by atoms with Gasteiger partial charge in [0.1, 0.15) is 47.6 Å². The van der Waals surface area contributed by atoms with Crippen molar-refractivity contribution in [2.75, 3.05) is 26.2 Å². The Hall–Kier alpha value is -5.28. The van der Waals surface area contributed by atoms with Gasteiger partial charge in [0, 0.05) is 19.8 Å². The lowest BCUT2D eigenvalue weighted by molar-refractivity contribution is -0.211. The number of nitrogens with zero attached hydrogens (tertiary/aromatic N) is 4. The lowest BCUT2D eigenvalue weighted by Gasteiger charge is -2.29. The highest BCUT2D eigenvalue weighted by atomic mass is 79.9. The number of amides is 3.